The van der Waals surface area contributed by atoms with Crippen LogP contribution in [0, 0.1) is 0 Å². The van der Waals surface area contributed by atoms with E-state index >= 15 is 0 Å². The molecule has 1 heterocycles. The van der Waals surface area contributed by atoms with E-state index in [0.29, 0.717) is 23.4 Å². The second-order valence-corrected chi connectivity index (χ2v) is 4.65. The van der Waals surface area contributed by atoms with Gasteiger partial charge in [0.25, 0.3) is 11.8 Å². The highest BCUT2D eigenvalue weighted by molar-refractivity contribution is 6.23. The van der Waals surface area contributed by atoms with Gasteiger partial charge in [-0.2, -0.15) is 0 Å². The Balaban J connectivity index is 2.38. The monoisotopic (exact) mass is 262 g/mol. The van der Waals surface area contributed by atoms with E-state index in [1.165, 1.54) is 4.90 Å². The van der Waals surface area contributed by atoms with Crippen LogP contribution in [0.2, 0.25) is 0 Å². The molecule has 0 aliphatic carbocycles. The van der Waals surface area contributed by atoms with Crippen LogP contribution >= 0.6 is 0 Å². The molecule has 1 aromatic rings. The predicted octanol–water partition coefficient (Wildman–Crippen LogP) is 1.68. The number of nitrogens with zero attached hydrogens (tertiary/aromatic N) is 1. The average Bonchev–Trinajstić information content (AvgIpc) is 2.63. The van der Waals surface area contributed by atoms with Gasteiger partial charge in [0.05, 0.1) is 23.8 Å². The second kappa shape index (κ2) is 5.40. The maximum absolute atomic E-state index is 12.4. The molecular weight excluding hydrogens is 244 g/mol. The van der Waals surface area contributed by atoms with Crippen LogP contribution in [0.1, 0.15) is 40.5 Å². The molecule has 1 unspecified atom stereocenters. The number of hydrogen-bond acceptors (Lipinski definition) is 4. The normalized spacial score (nSPS) is 15.8. The van der Waals surface area contributed by atoms with Gasteiger partial charge < -0.3 is 10.5 Å². The van der Waals surface area contributed by atoms with Gasteiger partial charge in [0, 0.05) is 12.8 Å². The molecule has 1 aromatic carbocycles. The van der Waals surface area contributed by atoms with Crippen LogP contribution in [0.3, 0.4) is 0 Å². The maximum Gasteiger partial charge on any atom is 0.263 e. The number of ether oxygens (including phenoxy) is 1. The molecule has 0 radical (unpaired) electrons. The minimum atomic E-state index is -0.311. The second-order valence-electron chi connectivity index (χ2n) is 4.65. The summed E-state index contributed by atoms with van der Waals surface area (Å²) in [5, 5.41) is 0. The lowest BCUT2D eigenvalue weighted by Crippen LogP contribution is -2.42. The number of carbonyl (C=O) groups is 2. The molecule has 0 spiro atoms. The van der Waals surface area contributed by atoms with E-state index in [9.17, 15) is 9.59 Å². The van der Waals surface area contributed by atoms with Crippen molar-refractivity contribution >= 4 is 17.5 Å². The fourth-order valence-corrected chi connectivity index (χ4v) is 2.47. The summed E-state index contributed by atoms with van der Waals surface area (Å²) < 4.78 is 5.12. The quantitative estimate of drug-likeness (QED) is 0.647. The number of benzene rings is 1. The van der Waals surface area contributed by atoms with Gasteiger partial charge in [0.15, 0.2) is 0 Å². The first kappa shape index (κ1) is 13.5. The van der Waals surface area contributed by atoms with Crippen molar-refractivity contribution in [3.8, 4) is 0 Å². The Bertz CT molecular complexity index is 507. The summed E-state index contributed by atoms with van der Waals surface area (Å²) in [6.07, 6.45) is 1.59. The number of carbonyl (C=O) groups excluding carboxylic acids is 2. The Morgan fingerprint density at radius 3 is 2.63 bits per heavy atom. The number of nitrogens with two attached hydrogens (primary N) is 1. The highest BCUT2D eigenvalue weighted by atomic mass is 16.5. The molecule has 5 nitrogen and oxygen atoms in total. The fourth-order valence-electron chi connectivity index (χ4n) is 2.47. The molecule has 2 N–H and O–H groups in total. The Morgan fingerprint density at radius 1 is 1.32 bits per heavy atom. The van der Waals surface area contributed by atoms with Crippen LogP contribution in [0.25, 0.3) is 0 Å². The standard InChI is InChI=1S/C14H18N2O3/c1-3-5-9(8-19-2)16-13(17)10-6-4-7-11(15)12(10)14(16)18/h4,6-7,9H,3,5,8,15H2,1-2H3. The van der Waals surface area contributed by atoms with Crippen LogP contribution in [-0.4, -0.2) is 36.5 Å². The molecule has 0 bridgehead atoms. The first-order valence-electron chi connectivity index (χ1n) is 6.37. The molecule has 1 aliphatic rings. The summed E-state index contributed by atoms with van der Waals surface area (Å²) in [6, 6.07) is 4.73. The van der Waals surface area contributed by atoms with Crippen molar-refractivity contribution in [2.24, 2.45) is 0 Å². The zero-order valence-corrected chi connectivity index (χ0v) is 11.2. The van der Waals surface area contributed by atoms with Crippen molar-refractivity contribution in [1.82, 2.24) is 4.90 Å². The number of rotatable bonds is 5. The lowest BCUT2D eigenvalue weighted by molar-refractivity contribution is 0.0458. The van der Waals surface area contributed by atoms with Crippen molar-refractivity contribution in [2.75, 3.05) is 19.5 Å². The smallest absolute Gasteiger partial charge is 0.263 e. The number of methoxy groups -OCH3 is 1. The van der Waals surface area contributed by atoms with E-state index in [4.69, 9.17) is 10.5 Å². The van der Waals surface area contributed by atoms with Crippen molar-refractivity contribution in [1.29, 1.82) is 0 Å². The lowest BCUT2D eigenvalue weighted by Gasteiger charge is -2.25. The average molecular weight is 262 g/mol. The van der Waals surface area contributed by atoms with Gasteiger partial charge in [-0.05, 0) is 18.6 Å². The number of anilines is 1. The summed E-state index contributed by atoms with van der Waals surface area (Å²) in [5.41, 5.74) is 6.87. The summed E-state index contributed by atoms with van der Waals surface area (Å²) in [7, 11) is 1.56. The third kappa shape index (κ3) is 2.21. The number of fused-ring (bicyclic) bond motifs is 1. The highest BCUT2D eigenvalue weighted by Crippen LogP contribution is 2.30. The minimum absolute atomic E-state index is 0.234. The molecule has 0 saturated heterocycles. The highest BCUT2D eigenvalue weighted by Gasteiger charge is 2.40. The van der Waals surface area contributed by atoms with Crippen LogP contribution in [0.15, 0.2) is 18.2 Å². The van der Waals surface area contributed by atoms with E-state index < -0.39 is 0 Å². The van der Waals surface area contributed by atoms with E-state index in [1.54, 1.807) is 25.3 Å². The Morgan fingerprint density at radius 2 is 2.05 bits per heavy atom. The van der Waals surface area contributed by atoms with Crippen molar-refractivity contribution in [3.05, 3.63) is 29.3 Å². The first-order valence-corrected chi connectivity index (χ1v) is 6.37. The minimum Gasteiger partial charge on any atom is -0.398 e. The summed E-state index contributed by atoms with van der Waals surface area (Å²) >= 11 is 0. The summed E-state index contributed by atoms with van der Waals surface area (Å²) in [5.74, 6) is -0.587. The molecule has 0 saturated carbocycles. The molecule has 5 heteroatoms. The Hall–Kier alpha value is -1.88. The predicted molar refractivity (Wildman–Crippen MR) is 71.9 cm³/mol. The Labute approximate surface area is 112 Å². The van der Waals surface area contributed by atoms with Gasteiger partial charge >= 0.3 is 0 Å². The summed E-state index contributed by atoms with van der Waals surface area (Å²) in [6.45, 7) is 2.36. The molecule has 102 valence electrons. The molecule has 2 amide bonds. The lowest BCUT2D eigenvalue weighted by atomic mass is 10.1. The molecule has 1 atom stereocenters. The van der Waals surface area contributed by atoms with Gasteiger partial charge in [-0.1, -0.05) is 19.4 Å². The molecular formula is C14H18N2O3. The van der Waals surface area contributed by atoms with Crippen molar-refractivity contribution < 1.29 is 14.3 Å². The van der Waals surface area contributed by atoms with Gasteiger partial charge in [0.1, 0.15) is 0 Å². The molecule has 1 aliphatic heterocycles. The van der Waals surface area contributed by atoms with Gasteiger partial charge in [0.2, 0.25) is 0 Å². The number of hydrogen-bond donors (Lipinski definition) is 1. The topological polar surface area (TPSA) is 72.6 Å². The SMILES string of the molecule is CCCC(COC)N1C(=O)c2cccc(N)c2C1=O. The van der Waals surface area contributed by atoms with Gasteiger partial charge in [-0.25, -0.2) is 0 Å². The molecule has 0 fully saturated rings. The van der Waals surface area contributed by atoms with Crippen molar-refractivity contribution in [2.45, 2.75) is 25.8 Å². The molecule has 2 rings (SSSR count). The van der Waals surface area contributed by atoms with E-state index in [2.05, 4.69) is 0 Å². The number of amides is 2. The first-order chi connectivity index (χ1) is 9.11. The number of imide groups is 1. The van der Waals surface area contributed by atoms with Crippen LogP contribution in [0.4, 0.5) is 5.69 Å². The fraction of sp³-hybridized carbons (Fsp3) is 0.429. The zero-order valence-electron chi connectivity index (χ0n) is 11.2. The molecule has 0 aromatic heterocycles. The Kier molecular flexibility index (Phi) is 3.85. The van der Waals surface area contributed by atoms with Crippen LogP contribution in [0.5, 0.6) is 0 Å². The maximum atomic E-state index is 12.4. The third-order valence-electron chi connectivity index (χ3n) is 3.32. The largest absolute Gasteiger partial charge is 0.398 e. The third-order valence-corrected chi connectivity index (χ3v) is 3.32. The van der Waals surface area contributed by atoms with Gasteiger partial charge in [-0.3, -0.25) is 14.5 Å². The molecule has 19 heavy (non-hydrogen) atoms. The van der Waals surface area contributed by atoms with E-state index in [-0.39, 0.29) is 17.9 Å². The van der Waals surface area contributed by atoms with Crippen molar-refractivity contribution in [3.63, 3.8) is 0 Å². The van der Waals surface area contributed by atoms with E-state index in [0.717, 1.165) is 12.8 Å². The number of nitrogen functional groups attached to an aromatic ring is 1. The summed E-state index contributed by atoms with van der Waals surface area (Å²) in [4.78, 5) is 26.0. The zero-order chi connectivity index (χ0) is 14.0. The van der Waals surface area contributed by atoms with Crippen LogP contribution < -0.4 is 5.73 Å². The van der Waals surface area contributed by atoms with E-state index in [1.807, 2.05) is 6.92 Å². The van der Waals surface area contributed by atoms with Gasteiger partial charge in [-0.15, -0.1) is 0 Å². The van der Waals surface area contributed by atoms with Crippen LogP contribution in [-0.2, 0) is 4.74 Å².